The molecule has 0 radical (unpaired) electrons. The molecule has 0 saturated carbocycles. The van der Waals surface area contributed by atoms with Crippen LogP contribution in [0, 0.1) is 10.1 Å². The highest BCUT2D eigenvalue weighted by Crippen LogP contribution is 2.13. The van der Waals surface area contributed by atoms with Gasteiger partial charge in [-0.3, -0.25) is 14.9 Å². The summed E-state index contributed by atoms with van der Waals surface area (Å²) in [6.07, 6.45) is 4.58. The molecule has 1 rings (SSSR count). The van der Waals surface area contributed by atoms with Gasteiger partial charge in [-0.25, -0.2) is 0 Å². The lowest BCUT2D eigenvalue weighted by molar-refractivity contribution is -0.384. The Balaban J connectivity index is 2.13. The van der Waals surface area contributed by atoms with E-state index in [9.17, 15) is 14.9 Å². The molecule has 0 aliphatic carbocycles. The van der Waals surface area contributed by atoms with Crippen LogP contribution in [0.5, 0.6) is 0 Å². The van der Waals surface area contributed by atoms with E-state index in [-0.39, 0.29) is 16.6 Å². The largest absolute Gasteiger partial charge is 0.466 e. The number of ether oxygens (including phenoxy) is 1. The average Bonchev–Trinajstić information content (AvgIpc) is 2.51. The highest BCUT2D eigenvalue weighted by molar-refractivity contribution is 5.69. The van der Waals surface area contributed by atoms with E-state index in [0.717, 1.165) is 44.3 Å². The highest BCUT2D eigenvalue weighted by Gasteiger charge is 2.06. The second-order valence-corrected chi connectivity index (χ2v) is 5.63. The van der Waals surface area contributed by atoms with Crippen molar-refractivity contribution in [1.82, 2.24) is 4.90 Å². The van der Waals surface area contributed by atoms with Crippen molar-refractivity contribution in [3.05, 3.63) is 39.9 Å². The molecule has 128 valence electrons. The highest BCUT2D eigenvalue weighted by atomic mass is 16.6. The monoisotopic (exact) mass is 322 g/mol. The number of nitro groups is 1. The van der Waals surface area contributed by atoms with Gasteiger partial charge >= 0.3 is 5.97 Å². The first-order valence-corrected chi connectivity index (χ1v) is 8.10. The van der Waals surface area contributed by atoms with Gasteiger partial charge in [0.05, 0.1) is 11.5 Å². The minimum absolute atomic E-state index is 0.109. The van der Waals surface area contributed by atoms with Crippen LogP contribution in [-0.2, 0) is 16.1 Å². The average molecular weight is 322 g/mol. The topological polar surface area (TPSA) is 72.7 Å². The Morgan fingerprint density at radius 1 is 1.17 bits per heavy atom. The number of hydrogen-bond donors (Lipinski definition) is 0. The van der Waals surface area contributed by atoms with Crippen LogP contribution in [0.1, 0.15) is 44.6 Å². The van der Waals surface area contributed by atoms with Gasteiger partial charge in [0.2, 0.25) is 0 Å². The van der Waals surface area contributed by atoms with Gasteiger partial charge in [0.1, 0.15) is 0 Å². The molecule has 1 aromatic rings. The second-order valence-electron chi connectivity index (χ2n) is 5.63. The molecular weight excluding hydrogens is 296 g/mol. The van der Waals surface area contributed by atoms with Gasteiger partial charge in [0.15, 0.2) is 0 Å². The molecular formula is C17H26N2O4. The minimum atomic E-state index is -0.385. The van der Waals surface area contributed by atoms with Gasteiger partial charge in [0.25, 0.3) is 5.69 Å². The predicted octanol–water partition coefficient (Wildman–Crippen LogP) is 3.54. The van der Waals surface area contributed by atoms with Crippen LogP contribution in [0.15, 0.2) is 24.3 Å². The molecule has 6 heteroatoms. The summed E-state index contributed by atoms with van der Waals surface area (Å²) in [6.45, 7) is 4.02. The van der Waals surface area contributed by atoms with Gasteiger partial charge in [-0.15, -0.1) is 0 Å². The van der Waals surface area contributed by atoms with Gasteiger partial charge in [0, 0.05) is 25.1 Å². The van der Waals surface area contributed by atoms with Crippen molar-refractivity contribution in [2.45, 2.75) is 45.6 Å². The van der Waals surface area contributed by atoms with Gasteiger partial charge in [-0.2, -0.15) is 0 Å². The number of hydrogen-bond acceptors (Lipinski definition) is 5. The molecule has 0 spiro atoms. The van der Waals surface area contributed by atoms with E-state index in [2.05, 4.69) is 4.90 Å². The Hall–Kier alpha value is -1.95. The normalized spacial score (nSPS) is 10.7. The Kier molecular flexibility index (Phi) is 8.90. The standard InChI is InChI=1S/C17H26N2O4/c1-3-23-17(20)8-6-4-5-7-13-18(2)14-15-9-11-16(12-10-15)19(21)22/h9-12H,3-8,13-14H2,1-2H3. The van der Waals surface area contributed by atoms with E-state index in [1.165, 1.54) is 0 Å². The number of rotatable bonds is 11. The lowest BCUT2D eigenvalue weighted by atomic mass is 10.1. The fourth-order valence-electron chi connectivity index (χ4n) is 2.35. The fourth-order valence-corrected chi connectivity index (χ4v) is 2.35. The molecule has 1 aromatic carbocycles. The second kappa shape index (κ2) is 10.7. The lowest BCUT2D eigenvalue weighted by Crippen LogP contribution is -2.19. The first-order valence-electron chi connectivity index (χ1n) is 8.10. The Morgan fingerprint density at radius 3 is 2.43 bits per heavy atom. The van der Waals surface area contributed by atoms with Gasteiger partial charge in [-0.05, 0) is 38.9 Å². The Morgan fingerprint density at radius 2 is 1.83 bits per heavy atom. The molecule has 0 unspecified atom stereocenters. The van der Waals surface area contributed by atoms with Crippen molar-refractivity contribution < 1.29 is 14.5 Å². The zero-order valence-electron chi connectivity index (χ0n) is 14.0. The molecule has 6 nitrogen and oxygen atoms in total. The van der Waals surface area contributed by atoms with Gasteiger partial charge in [-0.1, -0.05) is 25.0 Å². The van der Waals surface area contributed by atoms with Crippen LogP contribution in [0.4, 0.5) is 5.69 Å². The summed E-state index contributed by atoms with van der Waals surface area (Å²) < 4.78 is 4.89. The SMILES string of the molecule is CCOC(=O)CCCCCCN(C)Cc1ccc([N+](=O)[O-])cc1. The molecule has 0 saturated heterocycles. The molecule has 0 aromatic heterocycles. The maximum absolute atomic E-state index is 11.2. The van der Waals surface area contributed by atoms with E-state index < -0.39 is 0 Å². The summed E-state index contributed by atoms with van der Waals surface area (Å²) in [4.78, 5) is 23.6. The quantitative estimate of drug-likeness (QED) is 0.270. The fraction of sp³-hybridized carbons (Fsp3) is 0.588. The van der Waals surface area contributed by atoms with Crippen LogP contribution < -0.4 is 0 Å². The maximum Gasteiger partial charge on any atom is 0.305 e. The number of nitrogens with zero attached hydrogens (tertiary/aromatic N) is 2. The minimum Gasteiger partial charge on any atom is -0.466 e. The van der Waals surface area contributed by atoms with Crippen LogP contribution in [0.2, 0.25) is 0 Å². The van der Waals surface area contributed by atoms with Crippen LogP contribution in [0.25, 0.3) is 0 Å². The molecule has 0 aliphatic rings. The number of carbonyl (C=O) groups excluding carboxylic acids is 1. The zero-order chi connectivity index (χ0) is 17.1. The van der Waals surface area contributed by atoms with E-state index in [0.29, 0.717) is 13.0 Å². The summed E-state index contributed by atoms with van der Waals surface area (Å²) in [5.74, 6) is -0.109. The molecule has 0 heterocycles. The number of esters is 1. The predicted molar refractivity (Wildman–Crippen MR) is 89.1 cm³/mol. The molecule has 0 aliphatic heterocycles. The first-order chi connectivity index (χ1) is 11.0. The molecule has 0 fully saturated rings. The maximum atomic E-state index is 11.2. The third kappa shape index (κ3) is 8.30. The number of benzene rings is 1. The third-order valence-corrected chi connectivity index (χ3v) is 3.58. The van der Waals surface area contributed by atoms with Crippen molar-refractivity contribution in [2.24, 2.45) is 0 Å². The summed E-state index contributed by atoms with van der Waals surface area (Å²) in [5.41, 5.74) is 1.19. The van der Waals surface area contributed by atoms with Crippen LogP contribution >= 0.6 is 0 Å². The summed E-state index contributed by atoms with van der Waals surface area (Å²) in [7, 11) is 2.04. The van der Waals surface area contributed by atoms with Crippen molar-refractivity contribution in [3.8, 4) is 0 Å². The number of unbranched alkanes of at least 4 members (excludes halogenated alkanes) is 3. The molecule has 0 atom stereocenters. The molecule has 0 bridgehead atoms. The van der Waals surface area contributed by atoms with Gasteiger partial charge < -0.3 is 9.64 Å². The van der Waals surface area contributed by atoms with E-state index >= 15 is 0 Å². The van der Waals surface area contributed by atoms with Crippen molar-refractivity contribution in [2.75, 3.05) is 20.2 Å². The number of non-ortho nitro benzene ring substituents is 1. The smallest absolute Gasteiger partial charge is 0.305 e. The lowest BCUT2D eigenvalue weighted by Gasteiger charge is -2.16. The summed E-state index contributed by atoms with van der Waals surface area (Å²) in [6, 6.07) is 6.68. The first kappa shape index (κ1) is 19.1. The third-order valence-electron chi connectivity index (χ3n) is 3.58. The molecule has 23 heavy (non-hydrogen) atoms. The molecule has 0 N–H and O–H groups in total. The summed E-state index contributed by atoms with van der Waals surface area (Å²) >= 11 is 0. The zero-order valence-corrected chi connectivity index (χ0v) is 14.0. The van der Waals surface area contributed by atoms with E-state index in [1.807, 2.05) is 14.0 Å². The van der Waals surface area contributed by atoms with Crippen molar-refractivity contribution in [3.63, 3.8) is 0 Å². The summed E-state index contributed by atoms with van der Waals surface area (Å²) in [5, 5.41) is 10.6. The Bertz CT molecular complexity index is 488. The number of nitro benzene ring substituents is 1. The molecule has 0 amide bonds. The van der Waals surface area contributed by atoms with Crippen LogP contribution in [0.3, 0.4) is 0 Å². The van der Waals surface area contributed by atoms with E-state index in [4.69, 9.17) is 4.74 Å². The van der Waals surface area contributed by atoms with Crippen LogP contribution in [-0.4, -0.2) is 36.0 Å². The van der Waals surface area contributed by atoms with Crippen molar-refractivity contribution in [1.29, 1.82) is 0 Å². The number of carbonyl (C=O) groups is 1. The van der Waals surface area contributed by atoms with E-state index in [1.54, 1.807) is 24.3 Å². The van der Waals surface area contributed by atoms with Crippen molar-refractivity contribution >= 4 is 11.7 Å². The Labute approximate surface area is 137 Å².